The van der Waals surface area contributed by atoms with Crippen LogP contribution in [0.25, 0.3) is 17.0 Å². The summed E-state index contributed by atoms with van der Waals surface area (Å²) in [5.41, 5.74) is 4.03. The molecule has 7 heteroatoms. The fourth-order valence-corrected chi connectivity index (χ4v) is 7.00. The first-order valence-electron chi connectivity index (χ1n) is 13.4. The first-order valence-corrected chi connectivity index (χ1v) is 14.9. The van der Waals surface area contributed by atoms with Crippen LogP contribution >= 0.6 is 35.0 Å². The van der Waals surface area contributed by atoms with E-state index < -0.39 is 0 Å². The van der Waals surface area contributed by atoms with Crippen LogP contribution in [-0.4, -0.2) is 26.6 Å². The lowest BCUT2D eigenvalue weighted by Gasteiger charge is -2.35. The minimum Gasteiger partial charge on any atom is -0.342 e. The van der Waals surface area contributed by atoms with Gasteiger partial charge in [-0.05, 0) is 72.5 Å². The number of carbonyl (C=O) groups is 1. The standard InChI is InChI=1S/C32H29Cl2N3OS/c1-21-9-5-7-13-28(21)37-31(38)30(39-32(37)35-24-10-3-2-4-11-24)18-23-20-36(29-14-8-6-12-25(23)29)19-22-15-16-26(33)27(34)17-22/h2-4,6,8,10-12,14-18,20-21,28H,5,7,9,13,19H2,1H3/b30-18-,35-32?/t21-,28+/m0/s1. The summed E-state index contributed by atoms with van der Waals surface area (Å²) >= 11 is 13.9. The Morgan fingerprint density at radius 2 is 1.74 bits per heavy atom. The molecular weight excluding hydrogens is 545 g/mol. The molecule has 0 bridgehead atoms. The van der Waals surface area contributed by atoms with Crippen LogP contribution in [0.5, 0.6) is 0 Å². The van der Waals surface area contributed by atoms with E-state index in [2.05, 4.69) is 29.8 Å². The van der Waals surface area contributed by atoms with Crippen molar-refractivity contribution in [3.8, 4) is 0 Å². The lowest BCUT2D eigenvalue weighted by atomic mass is 9.85. The molecule has 1 aliphatic carbocycles. The monoisotopic (exact) mass is 573 g/mol. The summed E-state index contributed by atoms with van der Waals surface area (Å²) in [6.45, 7) is 2.91. The van der Waals surface area contributed by atoms with E-state index in [9.17, 15) is 4.79 Å². The van der Waals surface area contributed by atoms with Gasteiger partial charge < -0.3 is 4.57 Å². The highest BCUT2D eigenvalue weighted by Crippen LogP contribution is 2.41. The van der Waals surface area contributed by atoms with Crippen molar-refractivity contribution in [3.63, 3.8) is 0 Å². The van der Waals surface area contributed by atoms with E-state index >= 15 is 0 Å². The average molecular weight is 575 g/mol. The molecule has 1 saturated heterocycles. The molecule has 0 N–H and O–H groups in total. The fourth-order valence-electron chi connectivity index (χ4n) is 5.65. The van der Waals surface area contributed by atoms with Gasteiger partial charge in [-0.1, -0.05) is 85.4 Å². The summed E-state index contributed by atoms with van der Waals surface area (Å²) in [5, 5.41) is 2.97. The molecule has 2 aliphatic rings. The third kappa shape index (κ3) is 5.41. The zero-order valence-electron chi connectivity index (χ0n) is 21.7. The zero-order valence-corrected chi connectivity index (χ0v) is 24.0. The molecule has 2 atom stereocenters. The van der Waals surface area contributed by atoms with Crippen molar-refractivity contribution in [2.75, 3.05) is 0 Å². The Kier molecular flexibility index (Phi) is 7.57. The first-order chi connectivity index (χ1) is 19.0. The van der Waals surface area contributed by atoms with Crippen LogP contribution in [0.2, 0.25) is 10.0 Å². The van der Waals surface area contributed by atoms with Crippen molar-refractivity contribution in [2.24, 2.45) is 10.9 Å². The number of aliphatic imine (C=N–C) groups is 1. The fraction of sp³-hybridized carbons (Fsp3) is 0.250. The number of benzene rings is 3. The molecule has 39 heavy (non-hydrogen) atoms. The number of aromatic nitrogens is 1. The molecule has 0 radical (unpaired) electrons. The van der Waals surface area contributed by atoms with Crippen molar-refractivity contribution in [3.05, 3.63) is 105 Å². The van der Waals surface area contributed by atoms with Crippen molar-refractivity contribution >= 4 is 68.7 Å². The Bertz CT molecular complexity index is 1590. The number of nitrogens with zero attached hydrogens (tertiary/aromatic N) is 3. The highest BCUT2D eigenvalue weighted by Gasteiger charge is 2.41. The Labute approximate surface area is 243 Å². The van der Waals surface area contributed by atoms with E-state index in [1.165, 1.54) is 18.2 Å². The van der Waals surface area contributed by atoms with Crippen molar-refractivity contribution in [1.82, 2.24) is 9.47 Å². The molecule has 2 fully saturated rings. The quantitative estimate of drug-likeness (QED) is 0.223. The summed E-state index contributed by atoms with van der Waals surface area (Å²) in [5.74, 6) is 0.492. The molecular formula is C32H29Cl2N3OS. The van der Waals surface area contributed by atoms with Crippen LogP contribution in [0.15, 0.2) is 88.9 Å². The first kappa shape index (κ1) is 26.2. The number of hydrogen-bond donors (Lipinski definition) is 0. The Balaban J connectivity index is 1.39. The van der Waals surface area contributed by atoms with Gasteiger partial charge in [-0.15, -0.1) is 0 Å². The van der Waals surface area contributed by atoms with Gasteiger partial charge in [0.25, 0.3) is 5.91 Å². The van der Waals surface area contributed by atoms with E-state index in [0.29, 0.717) is 27.4 Å². The summed E-state index contributed by atoms with van der Waals surface area (Å²) in [6.07, 6.45) is 8.67. The molecule has 1 aromatic heterocycles. The molecule has 6 rings (SSSR count). The SMILES string of the molecule is C[C@H]1CCCC[C@H]1N1C(=O)/C(=C/c2cn(Cc3ccc(Cl)c(Cl)c3)c3ccccc23)SC1=Nc1ccccc1. The van der Waals surface area contributed by atoms with Crippen LogP contribution in [0, 0.1) is 5.92 Å². The predicted octanol–water partition coefficient (Wildman–Crippen LogP) is 9.18. The van der Waals surface area contributed by atoms with Gasteiger partial charge in [0.1, 0.15) is 0 Å². The van der Waals surface area contributed by atoms with Crippen LogP contribution < -0.4 is 0 Å². The van der Waals surface area contributed by atoms with Gasteiger partial charge >= 0.3 is 0 Å². The van der Waals surface area contributed by atoms with Crippen LogP contribution in [0.4, 0.5) is 5.69 Å². The minimum atomic E-state index is 0.0507. The van der Waals surface area contributed by atoms with E-state index in [-0.39, 0.29) is 11.9 Å². The highest BCUT2D eigenvalue weighted by molar-refractivity contribution is 8.18. The number of carbonyl (C=O) groups excluding carboxylic acids is 1. The van der Waals surface area contributed by atoms with Crippen LogP contribution in [0.3, 0.4) is 0 Å². The van der Waals surface area contributed by atoms with Crippen LogP contribution in [0.1, 0.15) is 43.7 Å². The van der Waals surface area contributed by atoms with E-state index in [0.717, 1.165) is 52.1 Å². The van der Waals surface area contributed by atoms with Gasteiger partial charge in [0.2, 0.25) is 0 Å². The lowest BCUT2D eigenvalue weighted by molar-refractivity contribution is -0.124. The number of amides is 1. The second-order valence-electron chi connectivity index (χ2n) is 10.3. The second kappa shape index (κ2) is 11.2. The summed E-state index contributed by atoms with van der Waals surface area (Å²) in [4.78, 5) is 21.6. The maximum Gasteiger partial charge on any atom is 0.267 e. The highest BCUT2D eigenvalue weighted by atomic mass is 35.5. The van der Waals surface area contributed by atoms with Gasteiger partial charge in [-0.25, -0.2) is 4.99 Å². The van der Waals surface area contributed by atoms with Crippen molar-refractivity contribution in [1.29, 1.82) is 0 Å². The normalized spacial score (nSPS) is 21.9. The molecule has 1 amide bonds. The summed E-state index contributed by atoms with van der Waals surface area (Å²) < 4.78 is 2.20. The van der Waals surface area contributed by atoms with Crippen molar-refractivity contribution in [2.45, 2.75) is 45.2 Å². The number of thioether (sulfide) groups is 1. The summed E-state index contributed by atoms with van der Waals surface area (Å²) in [7, 11) is 0. The number of halogens is 2. The molecule has 4 aromatic rings. The Morgan fingerprint density at radius 3 is 2.54 bits per heavy atom. The smallest absolute Gasteiger partial charge is 0.267 e. The van der Waals surface area contributed by atoms with Gasteiger partial charge in [-0.3, -0.25) is 9.69 Å². The van der Waals surface area contributed by atoms with Gasteiger partial charge in [0.05, 0.1) is 20.6 Å². The molecule has 4 nitrogen and oxygen atoms in total. The number of para-hydroxylation sites is 2. The van der Waals surface area contributed by atoms with Crippen molar-refractivity contribution < 1.29 is 4.79 Å². The van der Waals surface area contributed by atoms with Gasteiger partial charge in [-0.2, -0.15) is 0 Å². The van der Waals surface area contributed by atoms with E-state index in [1.807, 2.05) is 71.6 Å². The summed E-state index contributed by atoms with van der Waals surface area (Å²) in [6, 6.07) is 24.1. The van der Waals surface area contributed by atoms with E-state index in [1.54, 1.807) is 0 Å². The molecule has 3 aromatic carbocycles. The lowest BCUT2D eigenvalue weighted by Crippen LogP contribution is -2.44. The van der Waals surface area contributed by atoms with E-state index in [4.69, 9.17) is 28.2 Å². The zero-order chi connectivity index (χ0) is 26.9. The third-order valence-electron chi connectivity index (χ3n) is 7.66. The number of fused-ring (bicyclic) bond motifs is 1. The largest absolute Gasteiger partial charge is 0.342 e. The molecule has 0 spiro atoms. The topological polar surface area (TPSA) is 37.6 Å². The number of rotatable bonds is 5. The molecule has 1 saturated carbocycles. The number of amidine groups is 1. The Hall–Kier alpha value is -2.99. The number of hydrogen-bond acceptors (Lipinski definition) is 3. The predicted molar refractivity (Wildman–Crippen MR) is 165 cm³/mol. The third-order valence-corrected chi connectivity index (χ3v) is 9.38. The maximum absolute atomic E-state index is 14.0. The molecule has 2 heterocycles. The van der Waals surface area contributed by atoms with Gasteiger partial charge in [0, 0.05) is 35.2 Å². The molecule has 1 aliphatic heterocycles. The molecule has 198 valence electrons. The van der Waals surface area contributed by atoms with Crippen LogP contribution in [-0.2, 0) is 11.3 Å². The second-order valence-corrected chi connectivity index (χ2v) is 12.1. The maximum atomic E-state index is 14.0. The average Bonchev–Trinajstić information content (AvgIpc) is 3.44. The minimum absolute atomic E-state index is 0.0507. The Morgan fingerprint density at radius 1 is 0.974 bits per heavy atom. The van der Waals surface area contributed by atoms with Gasteiger partial charge in [0.15, 0.2) is 5.17 Å². The molecule has 0 unspecified atom stereocenters.